The van der Waals surface area contributed by atoms with E-state index in [1.807, 2.05) is 48.5 Å². The Hall–Kier alpha value is -7.61. The van der Waals surface area contributed by atoms with Gasteiger partial charge in [0.15, 0.2) is 11.5 Å². The molecule has 4 fully saturated rings. The van der Waals surface area contributed by atoms with Crippen molar-refractivity contribution in [2.45, 2.75) is 157 Å². The quantitative estimate of drug-likeness (QED) is 0.0540. The Balaban J connectivity index is 0.00000638. The first-order chi connectivity index (χ1) is 44.6. The highest BCUT2D eigenvalue weighted by Crippen LogP contribution is 2.34. The predicted octanol–water partition coefficient (Wildman–Crippen LogP) is 0.825. The van der Waals surface area contributed by atoms with E-state index in [9.17, 15) is 69.3 Å². The number of phenols is 1. The van der Waals surface area contributed by atoms with Crippen LogP contribution < -0.4 is 47.5 Å². The van der Waals surface area contributed by atoms with Gasteiger partial charge in [0.2, 0.25) is 35.4 Å². The lowest BCUT2D eigenvalue weighted by molar-refractivity contribution is -0.147. The molecule has 9 rings (SSSR count). The molecule has 0 spiro atoms. The number of β-amino-alcohol motifs (C(OH)–C–C–N with tert-alkyl or cyclic N) is 1. The summed E-state index contributed by atoms with van der Waals surface area (Å²) in [4.78, 5) is 103. The van der Waals surface area contributed by atoms with Gasteiger partial charge in [-0.15, -0.1) is 35.0 Å². The summed E-state index contributed by atoms with van der Waals surface area (Å²) in [5.41, 5.74) is 15.2. The van der Waals surface area contributed by atoms with E-state index in [-0.39, 0.29) is 86.2 Å². The van der Waals surface area contributed by atoms with Crippen LogP contribution >= 0.6 is 36.2 Å². The van der Waals surface area contributed by atoms with Crippen LogP contribution in [0.3, 0.4) is 0 Å². The number of aliphatic hydroxyl groups excluding tert-OH is 6. The molecule has 13 atom stereocenters. The summed E-state index contributed by atoms with van der Waals surface area (Å²) in [7, 11) is 0. The minimum absolute atomic E-state index is 0. The number of nitrogens with two attached hydrogens (primary N) is 2. The zero-order chi connectivity index (χ0) is 66.6. The van der Waals surface area contributed by atoms with E-state index >= 15 is 0 Å². The van der Waals surface area contributed by atoms with Gasteiger partial charge in [-0.05, 0) is 112 Å². The third-order valence-electron chi connectivity index (χ3n) is 17.3. The molecule has 4 aromatic carbocycles. The molecule has 4 aliphatic rings. The first-order valence-corrected chi connectivity index (χ1v) is 32.3. The van der Waals surface area contributed by atoms with E-state index in [2.05, 4.69) is 36.8 Å². The SMILES string of the molecule is C[C@@H](O)[C@@H]1NC(=O)[C@@H](NC(=O)c2ccc(-c3nnc(-c4ccc(-c5ccc(OC6CCCCC6)cc5)cc4)s3)cc2)C[C@@H](O)CNC(=O)[C@@H]2[C@@H](O)[C@@H](C)CN2C(=O)[C@H]([C@H](O)CCN)NC(=O)[C@H]([C@H](O)Cc2ccc(O)c(OCCCN)c2)NC(=O)[C@@H]2C[C@@H](O)CN2C1=O.Cl.Cl. The van der Waals surface area contributed by atoms with Crippen molar-refractivity contribution in [2.24, 2.45) is 17.4 Å². The van der Waals surface area contributed by atoms with Crippen LogP contribution in [0, 0.1) is 5.92 Å². The molecule has 4 heterocycles. The number of hydrogen-bond acceptors (Lipinski definition) is 21. The van der Waals surface area contributed by atoms with Crippen molar-refractivity contribution in [3.8, 4) is 49.5 Å². The Bertz CT molecular complexity index is 3420. The van der Waals surface area contributed by atoms with Crippen molar-refractivity contribution in [1.82, 2.24) is 46.6 Å². The predicted molar refractivity (Wildman–Crippen MR) is 354 cm³/mol. The van der Waals surface area contributed by atoms with Crippen molar-refractivity contribution in [2.75, 3.05) is 39.3 Å². The lowest BCUT2D eigenvalue weighted by atomic mass is 9.98. The van der Waals surface area contributed by atoms with Gasteiger partial charge in [-0.2, -0.15) is 0 Å². The normalized spacial score (nSPS) is 25.2. The topological polar surface area (TPSA) is 424 Å². The second kappa shape index (κ2) is 34.4. The van der Waals surface area contributed by atoms with E-state index in [1.54, 1.807) is 12.1 Å². The van der Waals surface area contributed by atoms with E-state index in [4.69, 9.17) is 20.9 Å². The number of amides is 7. The van der Waals surface area contributed by atoms with Crippen LogP contribution in [-0.4, -0.2) is 215 Å². The Morgan fingerprint density at radius 2 is 1.29 bits per heavy atom. The first-order valence-electron chi connectivity index (χ1n) is 31.5. The summed E-state index contributed by atoms with van der Waals surface area (Å²) >= 11 is 1.32. The van der Waals surface area contributed by atoms with Crippen LogP contribution in [0.4, 0.5) is 0 Å². The highest BCUT2D eigenvalue weighted by molar-refractivity contribution is 7.17. The van der Waals surface area contributed by atoms with Crippen LogP contribution in [0.5, 0.6) is 17.2 Å². The molecule has 0 unspecified atom stereocenters. The Labute approximate surface area is 565 Å². The lowest BCUT2D eigenvalue weighted by Gasteiger charge is -2.34. The highest BCUT2D eigenvalue weighted by Gasteiger charge is 2.50. The number of aliphatic hydroxyl groups is 6. The molecule has 3 aliphatic heterocycles. The maximum atomic E-state index is 14.7. The number of nitrogens with one attached hydrogen (secondary N) is 5. The van der Waals surface area contributed by atoms with Gasteiger partial charge in [0, 0.05) is 61.5 Å². The van der Waals surface area contributed by atoms with Gasteiger partial charge in [-0.1, -0.05) is 79.3 Å². The number of benzene rings is 4. The van der Waals surface area contributed by atoms with Crippen LogP contribution in [0.15, 0.2) is 91.0 Å². The molecule has 0 radical (unpaired) electrons. The number of halogens is 2. The van der Waals surface area contributed by atoms with Gasteiger partial charge in [0.05, 0.1) is 49.3 Å². The van der Waals surface area contributed by atoms with Crippen molar-refractivity contribution >= 4 is 77.5 Å². The standard InChI is InChI=1S/C65H83N11O16S.2ClH/c1-34-32-76-55(56(34)83)61(88)68-31-42(78)29-46(69-57(84)39-12-16-41(17-13-39)63-74-73-62(93-63)40-14-10-37(11-15-40)38-18-20-45(21-19-38)92-44-7-4-3-5-8-44)58(85)70-52(35(2)77)64(89)75-33-43(79)30-47(75)59(86)71-53(60(87)72-54(65(76)90)49(81)23-25-67)50(82)27-36-9-22-48(80)51(28-36)91-26-6-24-66;;/h9-22,28,34-35,42-44,46-47,49-50,52-56,77-83H,3-8,23-27,29-33,66-67H2,1-2H3,(H,68,88)(H,69,84)(H,70,85)(H,71,86)(H,72,87);2*1H/t34-,35+,42+,43+,46-,47-,49+,50+,52-,53-,54-,55-,56-;;/m0../s1. The Morgan fingerprint density at radius 1 is 0.695 bits per heavy atom. The number of aromatic nitrogens is 2. The fourth-order valence-corrected chi connectivity index (χ4v) is 12.9. The molecule has 5 aromatic rings. The molecule has 95 heavy (non-hydrogen) atoms. The zero-order valence-corrected chi connectivity index (χ0v) is 55.0. The second-order valence-corrected chi connectivity index (χ2v) is 25.3. The molecule has 1 aliphatic carbocycles. The minimum Gasteiger partial charge on any atom is -0.504 e. The van der Waals surface area contributed by atoms with E-state index < -0.39 is 152 Å². The van der Waals surface area contributed by atoms with Gasteiger partial charge in [0.25, 0.3) is 5.91 Å². The van der Waals surface area contributed by atoms with Crippen molar-refractivity contribution in [3.63, 3.8) is 0 Å². The van der Waals surface area contributed by atoms with Crippen LogP contribution in [-0.2, 0) is 35.2 Å². The highest BCUT2D eigenvalue weighted by atomic mass is 35.5. The molecule has 27 nitrogen and oxygen atoms in total. The van der Waals surface area contributed by atoms with Gasteiger partial charge >= 0.3 is 0 Å². The maximum absolute atomic E-state index is 14.7. The summed E-state index contributed by atoms with van der Waals surface area (Å²) < 4.78 is 11.9. The van der Waals surface area contributed by atoms with Gasteiger partial charge in [-0.25, -0.2) is 0 Å². The maximum Gasteiger partial charge on any atom is 0.251 e. The second-order valence-electron chi connectivity index (χ2n) is 24.3. The number of phenolic OH excluding ortho intramolecular Hbond substituents is 1. The van der Waals surface area contributed by atoms with E-state index in [0.717, 1.165) is 52.0 Å². The number of ether oxygens (including phenoxy) is 2. The van der Waals surface area contributed by atoms with Crippen molar-refractivity contribution < 1.29 is 78.8 Å². The Kier molecular flexibility index (Phi) is 27.1. The molecule has 30 heteroatoms. The largest absolute Gasteiger partial charge is 0.504 e. The summed E-state index contributed by atoms with van der Waals surface area (Å²) in [6, 6.07) is 15.3. The molecule has 1 aromatic heterocycles. The monoisotopic (exact) mass is 1380 g/mol. The number of rotatable bonds is 18. The minimum atomic E-state index is -2.04. The number of carbonyl (C=O) groups excluding carboxylic acids is 7. The van der Waals surface area contributed by atoms with Crippen molar-refractivity contribution in [1.29, 1.82) is 0 Å². The number of nitrogens with zero attached hydrogens (tertiary/aromatic N) is 4. The van der Waals surface area contributed by atoms with Crippen LogP contribution in [0.2, 0.25) is 0 Å². The molecule has 1 saturated carbocycles. The average molecular weight is 1380 g/mol. The lowest BCUT2D eigenvalue weighted by Crippen LogP contribution is -2.64. The van der Waals surface area contributed by atoms with E-state index in [0.29, 0.717) is 22.0 Å². The molecular weight excluding hydrogens is 1290 g/mol. The summed E-state index contributed by atoms with van der Waals surface area (Å²) in [5.74, 6) is -7.73. The van der Waals surface area contributed by atoms with Crippen molar-refractivity contribution in [3.05, 3.63) is 102 Å². The first kappa shape index (κ1) is 74.8. The van der Waals surface area contributed by atoms with Crippen LogP contribution in [0.1, 0.15) is 87.6 Å². The average Bonchev–Trinajstić information content (AvgIpc) is 1.69. The molecule has 7 amide bonds. The molecule has 16 N–H and O–H groups in total. The zero-order valence-electron chi connectivity index (χ0n) is 52.5. The molecule has 3 saturated heterocycles. The van der Waals surface area contributed by atoms with Crippen LogP contribution in [0.25, 0.3) is 32.3 Å². The molecular formula is C65H85Cl2N11O16S. The van der Waals surface area contributed by atoms with Gasteiger partial charge in [-0.3, -0.25) is 33.6 Å². The number of fused-ring (bicyclic) bond motifs is 2. The fraction of sp³-hybridized carbons (Fsp3) is 0.492. The fourth-order valence-electron chi connectivity index (χ4n) is 12.1. The molecule has 0 bridgehead atoms. The smallest absolute Gasteiger partial charge is 0.251 e. The third-order valence-corrected chi connectivity index (χ3v) is 18.3. The Morgan fingerprint density at radius 3 is 1.93 bits per heavy atom. The summed E-state index contributed by atoms with van der Waals surface area (Å²) in [5, 5.41) is 102. The number of aromatic hydroxyl groups is 1. The van der Waals surface area contributed by atoms with Gasteiger partial charge in [0.1, 0.15) is 52.0 Å². The summed E-state index contributed by atoms with van der Waals surface area (Å²) in [6.45, 7) is 1.39. The summed E-state index contributed by atoms with van der Waals surface area (Å²) in [6.07, 6.45) is -5.41. The van der Waals surface area contributed by atoms with E-state index in [1.165, 1.54) is 67.9 Å². The number of hydrogen-bond donors (Lipinski definition) is 14. The van der Waals surface area contributed by atoms with Gasteiger partial charge < -0.3 is 93.1 Å². The molecule has 516 valence electrons. The number of carbonyl (C=O) groups is 7. The third kappa shape index (κ3) is 18.7.